The number of aromatic nitrogens is 2. The lowest BCUT2D eigenvalue weighted by Gasteiger charge is -2.37. The molecule has 1 aromatic heterocycles. The minimum absolute atomic E-state index is 0.220. The van der Waals surface area contributed by atoms with E-state index >= 15 is 0 Å². The van der Waals surface area contributed by atoms with Crippen LogP contribution in [0.25, 0.3) is 0 Å². The maximum atomic E-state index is 13.2. The number of carbonyl (C=O) groups is 2. The highest BCUT2D eigenvalue weighted by Crippen LogP contribution is 2.27. The number of rotatable bonds is 6. The van der Waals surface area contributed by atoms with Crippen molar-refractivity contribution in [1.29, 1.82) is 0 Å². The lowest BCUT2D eigenvalue weighted by Crippen LogP contribution is -2.47. The second-order valence-electron chi connectivity index (χ2n) is 9.13. The van der Waals surface area contributed by atoms with Gasteiger partial charge in [-0.1, -0.05) is 12.1 Å². The number of piperidine rings is 1. The van der Waals surface area contributed by atoms with E-state index < -0.39 is 0 Å². The summed E-state index contributed by atoms with van der Waals surface area (Å²) in [6.07, 6.45) is 3.03. The summed E-state index contributed by atoms with van der Waals surface area (Å²) >= 11 is 0. The summed E-state index contributed by atoms with van der Waals surface area (Å²) in [6, 6.07) is 6.41. The predicted molar refractivity (Wildman–Crippen MR) is 134 cm³/mol. The minimum atomic E-state index is -0.299. The first kappa shape index (κ1) is 24.8. The van der Waals surface area contributed by atoms with Crippen molar-refractivity contribution in [2.45, 2.75) is 33.6 Å². The Bertz CT molecular complexity index is 1070. The number of esters is 1. The Labute approximate surface area is 207 Å². The highest BCUT2D eigenvalue weighted by molar-refractivity contribution is 5.96. The van der Waals surface area contributed by atoms with E-state index in [0.29, 0.717) is 31.2 Å². The van der Waals surface area contributed by atoms with Crippen molar-refractivity contribution >= 4 is 23.5 Å². The maximum absolute atomic E-state index is 13.2. The van der Waals surface area contributed by atoms with Crippen LogP contribution in [0.1, 0.15) is 41.3 Å². The largest absolute Gasteiger partial charge is 0.480 e. The van der Waals surface area contributed by atoms with Gasteiger partial charge < -0.3 is 24.2 Å². The van der Waals surface area contributed by atoms with Gasteiger partial charge in [0.15, 0.2) is 0 Å². The van der Waals surface area contributed by atoms with Gasteiger partial charge in [-0.3, -0.25) is 9.59 Å². The summed E-state index contributed by atoms with van der Waals surface area (Å²) in [5, 5.41) is 0. The summed E-state index contributed by atoms with van der Waals surface area (Å²) in [5.41, 5.74) is 4.19. The standard InChI is InChI=1S/C26H35N5O4/c1-5-35-25(33)20-9-7-11-31(17-20)24(32)21-16-27-26(28-23(21)34-4)30-14-12-29(13-15-30)22-10-6-8-18(2)19(22)3/h6,8,10,16,20H,5,7,9,11-15,17H2,1-4H3. The van der Waals surface area contributed by atoms with Crippen molar-refractivity contribution in [3.8, 4) is 5.88 Å². The van der Waals surface area contributed by atoms with Crippen LogP contribution < -0.4 is 14.5 Å². The number of benzene rings is 1. The van der Waals surface area contributed by atoms with Crippen LogP contribution >= 0.6 is 0 Å². The third-order valence-electron chi connectivity index (χ3n) is 6.97. The number of hydrogen-bond donors (Lipinski definition) is 0. The molecule has 9 heteroatoms. The van der Waals surface area contributed by atoms with Gasteiger partial charge in [0.05, 0.1) is 19.6 Å². The van der Waals surface area contributed by atoms with Crippen LogP contribution in [0.2, 0.25) is 0 Å². The monoisotopic (exact) mass is 481 g/mol. The van der Waals surface area contributed by atoms with Crippen molar-refractivity contribution in [2.24, 2.45) is 5.92 Å². The molecule has 0 N–H and O–H groups in total. The van der Waals surface area contributed by atoms with Crippen LogP contribution in [0.5, 0.6) is 5.88 Å². The minimum Gasteiger partial charge on any atom is -0.480 e. The molecule has 1 aromatic carbocycles. The summed E-state index contributed by atoms with van der Waals surface area (Å²) in [6.45, 7) is 10.6. The number of ether oxygens (including phenoxy) is 2. The van der Waals surface area contributed by atoms with Gasteiger partial charge >= 0.3 is 5.97 Å². The van der Waals surface area contributed by atoms with Gasteiger partial charge in [0.2, 0.25) is 11.8 Å². The number of carbonyl (C=O) groups excluding carboxylic acids is 2. The molecule has 0 spiro atoms. The van der Waals surface area contributed by atoms with E-state index in [-0.39, 0.29) is 23.7 Å². The van der Waals surface area contributed by atoms with Crippen molar-refractivity contribution < 1.29 is 19.1 Å². The van der Waals surface area contributed by atoms with Crippen LogP contribution in [-0.2, 0) is 9.53 Å². The van der Waals surface area contributed by atoms with Crippen molar-refractivity contribution in [1.82, 2.24) is 14.9 Å². The highest BCUT2D eigenvalue weighted by Gasteiger charge is 2.32. The number of methoxy groups -OCH3 is 1. The second kappa shape index (κ2) is 10.9. The lowest BCUT2D eigenvalue weighted by molar-refractivity contribution is -0.149. The number of anilines is 2. The van der Waals surface area contributed by atoms with Gasteiger partial charge in [0.1, 0.15) is 5.56 Å². The number of amides is 1. The molecule has 0 radical (unpaired) electrons. The number of nitrogens with zero attached hydrogens (tertiary/aromatic N) is 5. The van der Waals surface area contributed by atoms with Crippen molar-refractivity contribution in [3.05, 3.63) is 41.1 Å². The average Bonchev–Trinajstić information content (AvgIpc) is 2.90. The van der Waals surface area contributed by atoms with Gasteiger partial charge in [-0.05, 0) is 50.8 Å². The molecule has 1 atom stereocenters. The normalized spacial score (nSPS) is 18.4. The first-order valence-corrected chi connectivity index (χ1v) is 12.4. The molecule has 0 aliphatic carbocycles. The third kappa shape index (κ3) is 5.33. The van der Waals surface area contributed by atoms with Crippen LogP contribution in [0, 0.1) is 19.8 Å². The molecular formula is C26H35N5O4. The van der Waals surface area contributed by atoms with E-state index in [9.17, 15) is 9.59 Å². The smallest absolute Gasteiger partial charge is 0.310 e. The molecule has 188 valence electrons. The highest BCUT2D eigenvalue weighted by atomic mass is 16.5. The molecule has 2 saturated heterocycles. The molecule has 2 aliphatic rings. The Hall–Kier alpha value is -3.36. The Kier molecular flexibility index (Phi) is 7.73. The predicted octanol–water partition coefficient (Wildman–Crippen LogP) is 2.84. The fraction of sp³-hybridized carbons (Fsp3) is 0.538. The van der Waals surface area contributed by atoms with E-state index in [2.05, 4.69) is 51.8 Å². The molecule has 4 rings (SSSR count). The van der Waals surface area contributed by atoms with E-state index in [1.165, 1.54) is 23.9 Å². The average molecular weight is 482 g/mol. The van der Waals surface area contributed by atoms with Gasteiger partial charge in [-0.15, -0.1) is 0 Å². The van der Waals surface area contributed by atoms with Crippen molar-refractivity contribution in [3.63, 3.8) is 0 Å². The Balaban J connectivity index is 1.43. The first-order valence-electron chi connectivity index (χ1n) is 12.4. The van der Waals surface area contributed by atoms with Crippen molar-refractivity contribution in [2.75, 3.05) is 62.8 Å². The Morgan fingerprint density at radius 3 is 2.54 bits per heavy atom. The molecule has 35 heavy (non-hydrogen) atoms. The third-order valence-corrected chi connectivity index (χ3v) is 6.97. The van der Waals surface area contributed by atoms with Crippen LogP contribution in [0.4, 0.5) is 11.6 Å². The zero-order valence-electron chi connectivity index (χ0n) is 21.1. The number of hydrogen-bond acceptors (Lipinski definition) is 8. The number of aryl methyl sites for hydroxylation is 1. The topological polar surface area (TPSA) is 88.1 Å². The Morgan fingerprint density at radius 2 is 1.83 bits per heavy atom. The molecular weight excluding hydrogens is 446 g/mol. The van der Waals surface area contributed by atoms with Gasteiger partial charge in [-0.25, -0.2) is 4.98 Å². The molecule has 2 aromatic rings. The van der Waals surface area contributed by atoms with Gasteiger partial charge in [0, 0.05) is 51.2 Å². The zero-order chi connectivity index (χ0) is 24.9. The molecule has 2 aliphatic heterocycles. The van der Waals surface area contributed by atoms with Gasteiger partial charge in [-0.2, -0.15) is 4.98 Å². The zero-order valence-corrected chi connectivity index (χ0v) is 21.1. The second-order valence-corrected chi connectivity index (χ2v) is 9.13. The Morgan fingerprint density at radius 1 is 1.09 bits per heavy atom. The summed E-state index contributed by atoms with van der Waals surface area (Å²) in [5.74, 6) is 0.0511. The molecule has 2 fully saturated rings. The number of piperazine rings is 1. The van der Waals surface area contributed by atoms with E-state index in [1.807, 2.05) is 0 Å². The van der Waals surface area contributed by atoms with Crippen LogP contribution in [-0.4, -0.2) is 79.7 Å². The van der Waals surface area contributed by atoms with E-state index in [0.717, 1.165) is 39.0 Å². The fourth-order valence-corrected chi connectivity index (χ4v) is 4.82. The molecule has 1 unspecified atom stereocenters. The summed E-state index contributed by atoms with van der Waals surface area (Å²) < 4.78 is 10.6. The molecule has 0 bridgehead atoms. The molecule has 1 amide bonds. The van der Waals surface area contributed by atoms with E-state index in [4.69, 9.17) is 9.47 Å². The van der Waals surface area contributed by atoms with Gasteiger partial charge in [0.25, 0.3) is 5.91 Å². The fourth-order valence-electron chi connectivity index (χ4n) is 4.82. The van der Waals surface area contributed by atoms with E-state index in [1.54, 1.807) is 18.0 Å². The number of likely N-dealkylation sites (tertiary alicyclic amines) is 1. The lowest BCUT2D eigenvalue weighted by atomic mass is 9.97. The molecule has 0 saturated carbocycles. The quantitative estimate of drug-likeness (QED) is 0.582. The summed E-state index contributed by atoms with van der Waals surface area (Å²) in [7, 11) is 1.51. The molecule has 3 heterocycles. The first-order chi connectivity index (χ1) is 16.9. The maximum Gasteiger partial charge on any atom is 0.310 e. The SMILES string of the molecule is CCOC(=O)C1CCCN(C(=O)c2cnc(N3CCN(c4cccc(C)c4C)CC3)nc2OC)C1. The molecule has 9 nitrogen and oxygen atoms in total. The van der Waals surface area contributed by atoms with Crippen LogP contribution in [0.3, 0.4) is 0 Å². The summed E-state index contributed by atoms with van der Waals surface area (Å²) in [4.78, 5) is 40.7. The van der Waals surface area contributed by atoms with Crippen LogP contribution in [0.15, 0.2) is 24.4 Å².